The first-order chi connectivity index (χ1) is 13.6. The predicted octanol–water partition coefficient (Wildman–Crippen LogP) is 5.36. The lowest BCUT2D eigenvalue weighted by Crippen LogP contribution is -2.14. The molecule has 0 radical (unpaired) electrons. The number of rotatable bonds is 5. The molecule has 1 fully saturated rings. The van der Waals surface area contributed by atoms with Crippen molar-refractivity contribution in [1.29, 1.82) is 0 Å². The highest BCUT2D eigenvalue weighted by molar-refractivity contribution is 6.08. The summed E-state index contributed by atoms with van der Waals surface area (Å²) in [5.41, 5.74) is 1.98. The quantitative estimate of drug-likeness (QED) is 0.647. The summed E-state index contributed by atoms with van der Waals surface area (Å²) in [4.78, 5) is 12.8. The number of benzene rings is 2. The van der Waals surface area contributed by atoms with Gasteiger partial charge in [0.2, 0.25) is 0 Å². The topological polar surface area (TPSA) is 64.4 Å². The van der Waals surface area contributed by atoms with Gasteiger partial charge in [-0.3, -0.25) is 4.79 Å². The Labute approximate surface area is 162 Å². The highest BCUT2D eigenvalue weighted by Crippen LogP contribution is 2.28. The lowest BCUT2D eigenvalue weighted by molar-refractivity contribution is 0.102. The standard InChI is InChI=1S/C22H21FN2O3/c1-14-20(21(25-28-14)15-6-8-16(23)9-7-15)22(26)24-17-10-12-19(13-11-17)27-18-4-2-3-5-18/h6-13,18H,2-5H2,1H3,(H,24,26). The van der Waals surface area contributed by atoms with Crippen LogP contribution in [-0.4, -0.2) is 17.2 Å². The fourth-order valence-electron chi connectivity index (χ4n) is 3.45. The maximum absolute atomic E-state index is 13.2. The van der Waals surface area contributed by atoms with E-state index >= 15 is 0 Å². The zero-order chi connectivity index (χ0) is 19.5. The van der Waals surface area contributed by atoms with Gasteiger partial charge in [-0.25, -0.2) is 4.39 Å². The Morgan fingerprint density at radius 1 is 1.11 bits per heavy atom. The molecule has 2 aromatic carbocycles. The number of hydrogen-bond acceptors (Lipinski definition) is 4. The van der Waals surface area contributed by atoms with Crippen LogP contribution in [-0.2, 0) is 0 Å². The molecule has 5 nitrogen and oxygen atoms in total. The van der Waals surface area contributed by atoms with Crippen LogP contribution in [0.5, 0.6) is 5.75 Å². The SMILES string of the molecule is Cc1onc(-c2ccc(F)cc2)c1C(=O)Nc1ccc(OC2CCCC2)cc1. The zero-order valence-electron chi connectivity index (χ0n) is 15.6. The third-order valence-electron chi connectivity index (χ3n) is 4.92. The van der Waals surface area contributed by atoms with Gasteiger partial charge >= 0.3 is 0 Å². The van der Waals surface area contributed by atoms with Crippen LogP contribution in [0.2, 0.25) is 0 Å². The molecule has 144 valence electrons. The Morgan fingerprint density at radius 3 is 2.46 bits per heavy atom. The maximum Gasteiger partial charge on any atom is 0.261 e. The van der Waals surface area contributed by atoms with E-state index in [4.69, 9.17) is 9.26 Å². The molecule has 3 aromatic rings. The van der Waals surface area contributed by atoms with Crippen molar-refractivity contribution in [2.75, 3.05) is 5.32 Å². The van der Waals surface area contributed by atoms with Gasteiger partial charge in [-0.15, -0.1) is 0 Å². The molecule has 0 spiro atoms. The number of aryl methyl sites for hydroxylation is 1. The van der Waals surface area contributed by atoms with Crippen molar-refractivity contribution in [1.82, 2.24) is 5.16 Å². The number of anilines is 1. The van der Waals surface area contributed by atoms with Crippen molar-refractivity contribution in [2.24, 2.45) is 0 Å². The van der Waals surface area contributed by atoms with Crippen molar-refractivity contribution in [3.8, 4) is 17.0 Å². The molecule has 4 rings (SSSR count). The van der Waals surface area contributed by atoms with E-state index in [9.17, 15) is 9.18 Å². The summed E-state index contributed by atoms with van der Waals surface area (Å²) < 4.78 is 24.3. The Bertz CT molecular complexity index is 958. The van der Waals surface area contributed by atoms with E-state index in [1.165, 1.54) is 25.0 Å². The summed E-state index contributed by atoms with van der Waals surface area (Å²) in [5.74, 6) is 0.522. The third kappa shape index (κ3) is 3.91. The van der Waals surface area contributed by atoms with Gasteiger partial charge in [0.1, 0.15) is 28.6 Å². The molecule has 1 heterocycles. The number of amides is 1. The van der Waals surface area contributed by atoms with Crippen LogP contribution >= 0.6 is 0 Å². The minimum atomic E-state index is -0.352. The van der Waals surface area contributed by atoms with Gasteiger partial charge in [0, 0.05) is 11.3 Å². The molecule has 28 heavy (non-hydrogen) atoms. The number of aromatic nitrogens is 1. The highest BCUT2D eigenvalue weighted by Gasteiger charge is 2.22. The summed E-state index contributed by atoms with van der Waals surface area (Å²) in [6.45, 7) is 1.67. The molecule has 1 aliphatic carbocycles. The summed E-state index contributed by atoms with van der Waals surface area (Å²) in [6, 6.07) is 13.1. The Morgan fingerprint density at radius 2 is 1.79 bits per heavy atom. The molecular formula is C22H21FN2O3. The number of nitrogens with one attached hydrogen (secondary N) is 1. The summed E-state index contributed by atoms with van der Waals surface area (Å²) in [6.07, 6.45) is 4.91. The van der Waals surface area contributed by atoms with Crippen LogP contribution in [0.25, 0.3) is 11.3 Å². The Hall–Kier alpha value is -3.15. The van der Waals surface area contributed by atoms with E-state index < -0.39 is 0 Å². The first kappa shape index (κ1) is 18.2. The Balaban J connectivity index is 1.49. The van der Waals surface area contributed by atoms with Crippen LogP contribution in [0.3, 0.4) is 0 Å². The number of hydrogen-bond donors (Lipinski definition) is 1. The fourth-order valence-corrected chi connectivity index (χ4v) is 3.45. The second kappa shape index (κ2) is 7.84. The van der Waals surface area contributed by atoms with Crippen molar-refractivity contribution in [3.63, 3.8) is 0 Å². The molecule has 0 aliphatic heterocycles. The van der Waals surface area contributed by atoms with E-state index in [-0.39, 0.29) is 11.7 Å². The molecule has 1 aromatic heterocycles. The smallest absolute Gasteiger partial charge is 0.261 e. The minimum Gasteiger partial charge on any atom is -0.490 e. The largest absolute Gasteiger partial charge is 0.490 e. The van der Waals surface area contributed by atoms with E-state index in [1.54, 1.807) is 19.1 Å². The average molecular weight is 380 g/mol. The zero-order valence-corrected chi connectivity index (χ0v) is 15.6. The predicted molar refractivity (Wildman–Crippen MR) is 104 cm³/mol. The second-order valence-corrected chi connectivity index (χ2v) is 6.97. The maximum atomic E-state index is 13.2. The van der Waals surface area contributed by atoms with Crippen molar-refractivity contribution in [3.05, 3.63) is 65.7 Å². The first-order valence-electron chi connectivity index (χ1n) is 9.40. The molecule has 1 amide bonds. The van der Waals surface area contributed by atoms with Gasteiger partial charge in [0.25, 0.3) is 5.91 Å². The number of nitrogens with zero attached hydrogens (tertiary/aromatic N) is 1. The fraction of sp³-hybridized carbons (Fsp3) is 0.273. The average Bonchev–Trinajstić information content (AvgIpc) is 3.33. The summed E-state index contributed by atoms with van der Waals surface area (Å²) in [7, 11) is 0. The van der Waals surface area contributed by atoms with Crippen LogP contribution < -0.4 is 10.1 Å². The summed E-state index contributed by atoms with van der Waals surface area (Å²) >= 11 is 0. The number of halogens is 1. The van der Waals surface area contributed by atoms with Crippen LogP contribution in [0.1, 0.15) is 41.8 Å². The van der Waals surface area contributed by atoms with E-state index in [0.717, 1.165) is 18.6 Å². The molecule has 1 saturated carbocycles. The van der Waals surface area contributed by atoms with Gasteiger partial charge < -0.3 is 14.6 Å². The summed E-state index contributed by atoms with van der Waals surface area (Å²) in [5, 5.41) is 6.83. The molecule has 1 N–H and O–H groups in total. The van der Waals surface area contributed by atoms with Crippen molar-refractivity contribution in [2.45, 2.75) is 38.7 Å². The molecule has 0 saturated heterocycles. The Kier molecular flexibility index (Phi) is 5.10. The van der Waals surface area contributed by atoms with Gasteiger partial charge in [-0.2, -0.15) is 0 Å². The normalized spacial score (nSPS) is 14.2. The van der Waals surface area contributed by atoms with E-state index in [1.807, 2.05) is 24.3 Å². The lowest BCUT2D eigenvalue weighted by Gasteiger charge is -2.13. The van der Waals surface area contributed by atoms with Gasteiger partial charge in [-0.1, -0.05) is 5.16 Å². The van der Waals surface area contributed by atoms with E-state index in [2.05, 4.69) is 10.5 Å². The third-order valence-corrected chi connectivity index (χ3v) is 4.92. The van der Waals surface area contributed by atoms with Crippen LogP contribution in [0, 0.1) is 12.7 Å². The molecule has 1 aliphatic rings. The first-order valence-corrected chi connectivity index (χ1v) is 9.40. The lowest BCUT2D eigenvalue weighted by atomic mass is 10.1. The second-order valence-electron chi connectivity index (χ2n) is 6.97. The molecule has 0 atom stereocenters. The van der Waals surface area contributed by atoms with Gasteiger partial charge in [-0.05, 0) is 81.1 Å². The van der Waals surface area contributed by atoms with Crippen LogP contribution in [0.15, 0.2) is 53.1 Å². The number of carbonyl (C=O) groups excluding carboxylic acids is 1. The molecule has 0 bridgehead atoms. The van der Waals surface area contributed by atoms with Gasteiger partial charge in [0.05, 0.1) is 6.10 Å². The molecule has 0 unspecified atom stereocenters. The number of ether oxygens (including phenoxy) is 1. The monoisotopic (exact) mass is 380 g/mol. The van der Waals surface area contributed by atoms with Crippen LogP contribution in [0.4, 0.5) is 10.1 Å². The highest BCUT2D eigenvalue weighted by atomic mass is 19.1. The van der Waals surface area contributed by atoms with Gasteiger partial charge in [0.15, 0.2) is 0 Å². The molecule has 6 heteroatoms. The van der Waals surface area contributed by atoms with Crippen molar-refractivity contribution < 1.29 is 18.4 Å². The molecular weight excluding hydrogens is 359 g/mol. The number of carbonyl (C=O) groups is 1. The van der Waals surface area contributed by atoms with Crippen molar-refractivity contribution >= 4 is 11.6 Å². The van der Waals surface area contributed by atoms with E-state index in [0.29, 0.717) is 34.4 Å². The minimum absolute atomic E-state index is 0.290.